The maximum Gasteiger partial charge on any atom is 0.134 e. The summed E-state index contributed by atoms with van der Waals surface area (Å²) in [6.45, 7) is 0. The molecule has 0 aliphatic rings. The van der Waals surface area contributed by atoms with Crippen molar-refractivity contribution >= 4 is 45.5 Å². The average molecular weight is 330 g/mol. The molecule has 20 heavy (non-hydrogen) atoms. The van der Waals surface area contributed by atoms with E-state index in [0.29, 0.717) is 20.0 Å². The molecule has 2 heterocycles. The van der Waals surface area contributed by atoms with Crippen LogP contribution in [0.25, 0.3) is 11.0 Å². The van der Waals surface area contributed by atoms with Gasteiger partial charge >= 0.3 is 0 Å². The summed E-state index contributed by atoms with van der Waals surface area (Å²) < 4.78 is 20.2. The Labute approximate surface area is 129 Å². The third-order valence-electron chi connectivity index (χ3n) is 3.06. The Balaban J connectivity index is 2.09. The summed E-state index contributed by atoms with van der Waals surface area (Å²) in [6.07, 6.45) is 0. The SMILES string of the molecule is CNC(c1cc2cc(F)ccc2o1)c1cc(Cl)sc1Cl. The number of hydrogen-bond donors (Lipinski definition) is 1. The molecule has 1 unspecified atom stereocenters. The smallest absolute Gasteiger partial charge is 0.134 e. The van der Waals surface area contributed by atoms with Gasteiger partial charge in [0.15, 0.2) is 0 Å². The van der Waals surface area contributed by atoms with E-state index in [-0.39, 0.29) is 11.9 Å². The molecule has 0 spiro atoms. The van der Waals surface area contributed by atoms with Crippen molar-refractivity contribution in [3.05, 3.63) is 56.1 Å². The second kappa shape index (κ2) is 5.37. The minimum absolute atomic E-state index is 0.221. The fourth-order valence-corrected chi connectivity index (χ4v) is 3.71. The van der Waals surface area contributed by atoms with Gasteiger partial charge in [-0.3, -0.25) is 0 Å². The van der Waals surface area contributed by atoms with Gasteiger partial charge < -0.3 is 9.73 Å². The van der Waals surface area contributed by atoms with Crippen LogP contribution in [0.4, 0.5) is 4.39 Å². The van der Waals surface area contributed by atoms with Gasteiger partial charge in [0.05, 0.1) is 14.7 Å². The van der Waals surface area contributed by atoms with Crippen molar-refractivity contribution in [2.45, 2.75) is 6.04 Å². The molecule has 1 aromatic carbocycles. The van der Waals surface area contributed by atoms with Crippen LogP contribution in [-0.4, -0.2) is 7.05 Å². The number of furan rings is 1. The third-order valence-corrected chi connectivity index (χ3v) is 4.58. The van der Waals surface area contributed by atoms with Crippen molar-refractivity contribution in [2.75, 3.05) is 7.05 Å². The summed E-state index contributed by atoms with van der Waals surface area (Å²) in [7, 11) is 1.81. The number of rotatable bonds is 3. The Morgan fingerprint density at radius 3 is 2.70 bits per heavy atom. The minimum Gasteiger partial charge on any atom is -0.459 e. The molecule has 3 rings (SSSR count). The second-order valence-electron chi connectivity index (χ2n) is 4.33. The lowest BCUT2D eigenvalue weighted by Crippen LogP contribution is -2.16. The molecule has 2 nitrogen and oxygen atoms in total. The highest BCUT2D eigenvalue weighted by Gasteiger charge is 2.21. The van der Waals surface area contributed by atoms with Crippen LogP contribution in [0.15, 0.2) is 34.7 Å². The van der Waals surface area contributed by atoms with Crippen molar-refractivity contribution in [3.63, 3.8) is 0 Å². The first kappa shape index (κ1) is 13.9. The van der Waals surface area contributed by atoms with Gasteiger partial charge in [0.25, 0.3) is 0 Å². The quantitative estimate of drug-likeness (QED) is 0.710. The van der Waals surface area contributed by atoms with Crippen LogP contribution in [0.5, 0.6) is 0 Å². The van der Waals surface area contributed by atoms with Gasteiger partial charge in [-0.1, -0.05) is 23.2 Å². The summed E-state index contributed by atoms with van der Waals surface area (Å²) in [5.74, 6) is 0.381. The molecule has 104 valence electrons. The number of fused-ring (bicyclic) bond motifs is 1. The van der Waals surface area contributed by atoms with E-state index < -0.39 is 0 Å². The van der Waals surface area contributed by atoms with Crippen LogP contribution in [0.3, 0.4) is 0 Å². The monoisotopic (exact) mass is 329 g/mol. The molecular formula is C14H10Cl2FNOS. The molecule has 0 radical (unpaired) electrons. The molecule has 6 heteroatoms. The molecule has 0 aliphatic heterocycles. The van der Waals surface area contributed by atoms with Crippen molar-refractivity contribution in [2.24, 2.45) is 0 Å². The van der Waals surface area contributed by atoms with Gasteiger partial charge in [0.2, 0.25) is 0 Å². The van der Waals surface area contributed by atoms with Crippen LogP contribution in [-0.2, 0) is 0 Å². The maximum absolute atomic E-state index is 13.2. The summed E-state index contributed by atoms with van der Waals surface area (Å²) >= 11 is 13.5. The lowest BCUT2D eigenvalue weighted by Gasteiger charge is -2.12. The van der Waals surface area contributed by atoms with Gasteiger partial charge in [-0.2, -0.15) is 0 Å². The van der Waals surface area contributed by atoms with E-state index in [1.807, 2.05) is 12.1 Å². The highest BCUT2D eigenvalue weighted by molar-refractivity contribution is 7.20. The van der Waals surface area contributed by atoms with Gasteiger partial charge in [-0.25, -0.2) is 4.39 Å². The average Bonchev–Trinajstić information content (AvgIpc) is 2.94. The van der Waals surface area contributed by atoms with Crippen molar-refractivity contribution in [1.29, 1.82) is 0 Å². The molecule has 0 amide bonds. The highest BCUT2D eigenvalue weighted by Crippen LogP contribution is 2.38. The second-order valence-corrected chi connectivity index (χ2v) is 6.62. The summed E-state index contributed by atoms with van der Waals surface area (Å²) in [6, 6.07) is 7.82. The summed E-state index contributed by atoms with van der Waals surface area (Å²) in [4.78, 5) is 0. The van der Waals surface area contributed by atoms with E-state index in [1.165, 1.54) is 23.5 Å². The number of thiophene rings is 1. The molecule has 2 aromatic heterocycles. The van der Waals surface area contributed by atoms with Crippen LogP contribution < -0.4 is 5.32 Å². The van der Waals surface area contributed by atoms with Crippen LogP contribution in [0, 0.1) is 5.82 Å². The molecule has 1 atom stereocenters. The topological polar surface area (TPSA) is 25.2 Å². The first-order valence-electron chi connectivity index (χ1n) is 5.89. The summed E-state index contributed by atoms with van der Waals surface area (Å²) in [5.41, 5.74) is 1.49. The van der Waals surface area contributed by atoms with Crippen LogP contribution in [0.1, 0.15) is 17.4 Å². The zero-order valence-electron chi connectivity index (χ0n) is 10.4. The lowest BCUT2D eigenvalue weighted by atomic mass is 10.1. The number of hydrogen-bond acceptors (Lipinski definition) is 3. The normalized spacial score (nSPS) is 13.0. The van der Waals surface area contributed by atoms with Crippen molar-refractivity contribution in [1.82, 2.24) is 5.32 Å². The van der Waals surface area contributed by atoms with Crippen molar-refractivity contribution < 1.29 is 8.81 Å². The fraction of sp³-hybridized carbons (Fsp3) is 0.143. The van der Waals surface area contributed by atoms with E-state index in [2.05, 4.69) is 5.32 Å². The molecule has 0 saturated heterocycles. The fourth-order valence-electron chi connectivity index (χ4n) is 2.18. The van der Waals surface area contributed by atoms with Crippen LogP contribution >= 0.6 is 34.5 Å². The number of nitrogens with one attached hydrogen (secondary N) is 1. The molecule has 0 aliphatic carbocycles. The van der Waals surface area contributed by atoms with Gasteiger partial charge in [0.1, 0.15) is 17.2 Å². The van der Waals surface area contributed by atoms with Crippen LogP contribution in [0.2, 0.25) is 8.67 Å². The van der Waals surface area contributed by atoms with Gasteiger partial charge in [-0.15, -0.1) is 11.3 Å². The largest absolute Gasteiger partial charge is 0.459 e. The van der Waals surface area contributed by atoms with E-state index in [0.717, 1.165) is 10.9 Å². The zero-order valence-corrected chi connectivity index (χ0v) is 12.7. The Kier molecular flexibility index (Phi) is 3.73. The molecule has 1 N–H and O–H groups in total. The van der Waals surface area contributed by atoms with Gasteiger partial charge in [0, 0.05) is 10.9 Å². The predicted molar refractivity (Wildman–Crippen MR) is 81.4 cm³/mol. The highest BCUT2D eigenvalue weighted by atomic mass is 35.5. The Bertz CT molecular complexity index is 768. The molecular weight excluding hydrogens is 320 g/mol. The predicted octanol–water partition coefficient (Wildman–Crippen LogP) is 5.25. The lowest BCUT2D eigenvalue weighted by molar-refractivity contribution is 0.492. The number of benzene rings is 1. The number of halogens is 3. The van der Waals surface area contributed by atoms with E-state index in [1.54, 1.807) is 13.1 Å². The molecule has 3 aromatic rings. The minimum atomic E-state index is -0.289. The zero-order chi connectivity index (χ0) is 14.3. The third kappa shape index (κ3) is 2.44. The first-order chi connectivity index (χ1) is 9.58. The first-order valence-corrected chi connectivity index (χ1v) is 7.46. The van der Waals surface area contributed by atoms with E-state index in [4.69, 9.17) is 27.6 Å². The molecule has 0 saturated carbocycles. The maximum atomic E-state index is 13.2. The Hall–Kier alpha value is -1.07. The summed E-state index contributed by atoms with van der Waals surface area (Å²) in [5, 5.41) is 3.86. The molecule has 0 bridgehead atoms. The van der Waals surface area contributed by atoms with Crippen molar-refractivity contribution in [3.8, 4) is 0 Å². The van der Waals surface area contributed by atoms with E-state index in [9.17, 15) is 4.39 Å². The standard InChI is InChI=1S/C14H10Cl2FNOS/c1-18-13(9-6-12(15)20-14(9)16)11-5-7-4-8(17)2-3-10(7)19-11/h2-6,13,18H,1H3. The molecule has 0 fully saturated rings. The van der Waals surface area contributed by atoms with Gasteiger partial charge in [-0.05, 0) is 37.4 Å². The Morgan fingerprint density at radius 1 is 1.25 bits per heavy atom. The van der Waals surface area contributed by atoms with E-state index >= 15 is 0 Å². The Morgan fingerprint density at radius 2 is 2.05 bits per heavy atom.